The van der Waals surface area contributed by atoms with Gasteiger partial charge in [-0.1, -0.05) is 0 Å². The summed E-state index contributed by atoms with van der Waals surface area (Å²) in [6, 6.07) is -0.195. The van der Waals surface area contributed by atoms with Crippen molar-refractivity contribution in [1.82, 2.24) is 10.0 Å². The lowest BCUT2D eigenvalue weighted by Gasteiger charge is -2.23. The molecule has 2 N–H and O–H groups in total. The molecule has 0 aromatic rings. The van der Waals surface area contributed by atoms with Crippen LogP contribution >= 0.6 is 0 Å². The predicted octanol–water partition coefficient (Wildman–Crippen LogP) is 1.00. The molecule has 0 aliphatic carbocycles. The first-order valence-electron chi connectivity index (χ1n) is 5.56. The highest BCUT2D eigenvalue weighted by Gasteiger charge is 2.28. The second-order valence-corrected chi connectivity index (χ2v) is 6.07. The van der Waals surface area contributed by atoms with Gasteiger partial charge >= 0.3 is 6.18 Å². The molecule has 102 valence electrons. The summed E-state index contributed by atoms with van der Waals surface area (Å²) < 4.78 is 61.0. The maximum atomic E-state index is 11.9. The minimum Gasteiger partial charge on any atom is -0.315 e. The van der Waals surface area contributed by atoms with E-state index < -0.39 is 28.4 Å². The van der Waals surface area contributed by atoms with Crippen molar-refractivity contribution >= 4 is 10.0 Å². The van der Waals surface area contributed by atoms with Gasteiger partial charge in [0.05, 0.1) is 5.75 Å². The van der Waals surface area contributed by atoms with Crippen LogP contribution < -0.4 is 10.0 Å². The summed E-state index contributed by atoms with van der Waals surface area (Å²) in [4.78, 5) is 0. The van der Waals surface area contributed by atoms with Crippen LogP contribution in [0.1, 0.15) is 25.7 Å². The third kappa shape index (κ3) is 6.85. The molecule has 8 heteroatoms. The Kier molecular flexibility index (Phi) is 5.21. The maximum absolute atomic E-state index is 11.9. The van der Waals surface area contributed by atoms with E-state index in [1.807, 2.05) is 0 Å². The third-order valence-corrected chi connectivity index (χ3v) is 4.04. The van der Waals surface area contributed by atoms with Crippen LogP contribution in [-0.2, 0) is 10.0 Å². The molecule has 1 heterocycles. The van der Waals surface area contributed by atoms with E-state index in [1.165, 1.54) is 0 Å². The molecule has 1 aliphatic rings. The van der Waals surface area contributed by atoms with Gasteiger partial charge in [-0.3, -0.25) is 0 Å². The van der Waals surface area contributed by atoms with Gasteiger partial charge in [-0.15, -0.1) is 0 Å². The van der Waals surface area contributed by atoms with Gasteiger partial charge in [0.25, 0.3) is 0 Å². The molecule has 0 saturated carbocycles. The zero-order valence-electron chi connectivity index (χ0n) is 9.39. The molecule has 0 aromatic heterocycles. The molecule has 0 radical (unpaired) electrons. The van der Waals surface area contributed by atoms with Gasteiger partial charge in [-0.05, 0) is 25.8 Å². The number of halogens is 3. The molecule has 1 atom stereocenters. The van der Waals surface area contributed by atoms with Gasteiger partial charge in [0, 0.05) is 19.0 Å². The average molecular weight is 274 g/mol. The van der Waals surface area contributed by atoms with E-state index in [0.717, 1.165) is 19.4 Å². The van der Waals surface area contributed by atoms with Crippen LogP contribution in [0, 0.1) is 0 Å². The van der Waals surface area contributed by atoms with Crippen molar-refractivity contribution in [3.05, 3.63) is 0 Å². The number of hydrogen-bond donors (Lipinski definition) is 2. The second-order valence-electron chi connectivity index (χ2n) is 4.20. The monoisotopic (exact) mass is 274 g/mol. The van der Waals surface area contributed by atoms with Gasteiger partial charge in [-0.25, -0.2) is 13.1 Å². The van der Waals surface area contributed by atoms with Gasteiger partial charge in [-0.2, -0.15) is 13.2 Å². The van der Waals surface area contributed by atoms with Gasteiger partial charge in [0.2, 0.25) is 10.0 Å². The molecule has 1 fully saturated rings. The molecule has 1 rings (SSSR count). The molecule has 1 aliphatic heterocycles. The van der Waals surface area contributed by atoms with Crippen LogP contribution in [0.4, 0.5) is 13.2 Å². The number of sulfonamides is 1. The van der Waals surface area contributed by atoms with Gasteiger partial charge < -0.3 is 5.32 Å². The topological polar surface area (TPSA) is 58.2 Å². The average Bonchev–Trinajstić information content (AvgIpc) is 2.15. The summed E-state index contributed by atoms with van der Waals surface area (Å²) in [5, 5.41) is 3.03. The van der Waals surface area contributed by atoms with Crippen LogP contribution in [0.15, 0.2) is 0 Å². The lowest BCUT2D eigenvalue weighted by atomic mass is 10.1. The lowest BCUT2D eigenvalue weighted by Crippen LogP contribution is -2.46. The summed E-state index contributed by atoms with van der Waals surface area (Å²) in [5.41, 5.74) is 0. The molecule has 0 amide bonds. The third-order valence-electron chi connectivity index (χ3n) is 2.52. The number of alkyl halides is 3. The fourth-order valence-electron chi connectivity index (χ4n) is 1.73. The second kappa shape index (κ2) is 6.01. The number of rotatable bonds is 5. The molecule has 17 heavy (non-hydrogen) atoms. The molecular formula is C9H17F3N2O2S. The van der Waals surface area contributed by atoms with Crippen molar-refractivity contribution < 1.29 is 21.6 Å². The van der Waals surface area contributed by atoms with E-state index in [4.69, 9.17) is 0 Å². The summed E-state index contributed by atoms with van der Waals surface area (Å²) in [5.74, 6) is -0.469. The molecule has 0 spiro atoms. The Balaban J connectivity index is 2.30. The largest absolute Gasteiger partial charge is 0.389 e. The Bertz CT molecular complexity index is 324. The molecule has 0 unspecified atom stereocenters. The standard InChI is InChI=1S/C9H17F3N2O2S/c10-9(11,12)4-2-6-17(15,16)14-8-3-1-5-13-7-8/h8,13-14H,1-7H2/t8-/m1/s1. The predicted molar refractivity (Wildman–Crippen MR) is 58.1 cm³/mol. The summed E-state index contributed by atoms with van der Waals surface area (Å²) in [6.45, 7) is 1.39. The van der Waals surface area contributed by atoms with E-state index in [1.54, 1.807) is 0 Å². The molecule has 4 nitrogen and oxygen atoms in total. The minimum atomic E-state index is -4.29. The Hall–Kier alpha value is -0.340. The van der Waals surface area contributed by atoms with Crippen LogP contribution in [0.2, 0.25) is 0 Å². The van der Waals surface area contributed by atoms with E-state index in [2.05, 4.69) is 10.0 Å². The van der Waals surface area contributed by atoms with Crippen LogP contribution in [0.3, 0.4) is 0 Å². The van der Waals surface area contributed by atoms with Crippen molar-refractivity contribution in [2.45, 2.75) is 37.9 Å². The van der Waals surface area contributed by atoms with Gasteiger partial charge in [0.1, 0.15) is 0 Å². The fourth-order valence-corrected chi connectivity index (χ4v) is 3.08. The van der Waals surface area contributed by atoms with Crippen LogP contribution in [0.25, 0.3) is 0 Å². The van der Waals surface area contributed by atoms with Crippen LogP contribution in [-0.4, -0.2) is 39.5 Å². The normalized spacial score (nSPS) is 22.6. The molecule has 0 bridgehead atoms. The smallest absolute Gasteiger partial charge is 0.315 e. The van der Waals surface area contributed by atoms with Crippen molar-refractivity contribution in [3.63, 3.8) is 0 Å². The number of nitrogens with one attached hydrogen (secondary N) is 2. The van der Waals surface area contributed by atoms with E-state index in [-0.39, 0.29) is 12.5 Å². The Labute approximate surface area is 99.0 Å². The quantitative estimate of drug-likeness (QED) is 0.786. The van der Waals surface area contributed by atoms with E-state index in [0.29, 0.717) is 6.54 Å². The van der Waals surface area contributed by atoms with Gasteiger partial charge in [0.15, 0.2) is 0 Å². The van der Waals surface area contributed by atoms with Crippen molar-refractivity contribution in [2.75, 3.05) is 18.8 Å². The van der Waals surface area contributed by atoms with E-state index >= 15 is 0 Å². The Morgan fingerprint density at radius 1 is 1.35 bits per heavy atom. The fraction of sp³-hybridized carbons (Fsp3) is 1.00. The molecular weight excluding hydrogens is 257 g/mol. The highest BCUT2D eigenvalue weighted by atomic mass is 32.2. The Morgan fingerprint density at radius 3 is 2.59 bits per heavy atom. The first-order valence-corrected chi connectivity index (χ1v) is 7.21. The number of hydrogen-bond acceptors (Lipinski definition) is 3. The molecule has 1 saturated heterocycles. The lowest BCUT2D eigenvalue weighted by molar-refractivity contribution is -0.134. The summed E-state index contributed by atoms with van der Waals surface area (Å²) >= 11 is 0. The maximum Gasteiger partial charge on any atom is 0.389 e. The van der Waals surface area contributed by atoms with Crippen LogP contribution in [0.5, 0.6) is 0 Å². The zero-order chi connectivity index (χ0) is 12.9. The first-order chi connectivity index (χ1) is 7.79. The summed E-state index contributed by atoms with van der Waals surface area (Å²) in [6.07, 6.45) is -4.14. The minimum absolute atomic E-state index is 0.195. The highest BCUT2D eigenvalue weighted by Crippen LogP contribution is 2.21. The highest BCUT2D eigenvalue weighted by molar-refractivity contribution is 7.89. The summed E-state index contributed by atoms with van der Waals surface area (Å²) in [7, 11) is -3.59. The number of piperidine rings is 1. The first kappa shape index (κ1) is 14.7. The van der Waals surface area contributed by atoms with E-state index in [9.17, 15) is 21.6 Å². The van der Waals surface area contributed by atoms with Crippen molar-refractivity contribution in [3.8, 4) is 0 Å². The SMILES string of the molecule is O=S(=O)(CCCC(F)(F)F)N[C@@H]1CCCNC1. The zero-order valence-corrected chi connectivity index (χ0v) is 10.2. The molecule has 0 aromatic carbocycles. The Morgan fingerprint density at radius 2 is 2.06 bits per heavy atom. The van der Waals surface area contributed by atoms with Crippen molar-refractivity contribution in [2.24, 2.45) is 0 Å². The van der Waals surface area contributed by atoms with Crippen molar-refractivity contribution in [1.29, 1.82) is 0 Å².